The molecule has 1 aliphatic carbocycles. The maximum absolute atomic E-state index is 4.98. The number of hydrogen-bond donors (Lipinski definition) is 2. The number of methoxy groups -OCH3 is 1. The van der Waals surface area contributed by atoms with E-state index in [1.54, 1.807) is 13.3 Å². The summed E-state index contributed by atoms with van der Waals surface area (Å²) in [4.78, 5) is 8.66. The second kappa shape index (κ2) is 6.39. The van der Waals surface area contributed by atoms with Crippen LogP contribution in [0.5, 0.6) is 0 Å². The molecule has 2 rings (SSSR count). The van der Waals surface area contributed by atoms with Crippen molar-refractivity contribution >= 4 is 11.8 Å². The molecule has 0 spiro atoms. The lowest BCUT2D eigenvalue weighted by atomic mass is 10.2. The highest BCUT2D eigenvalue weighted by molar-refractivity contribution is 5.39. The summed E-state index contributed by atoms with van der Waals surface area (Å²) in [6.07, 6.45) is 6.85. The Bertz CT molecular complexity index is 339. The minimum absolute atomic E-state index is 0.546. The summed E-state index contributed by atoms with van der Waals surface area (Å²) in [6, 6.07) is 2.42. The Morgan fingerprint density at radius 1 is 1.41 bits per heavy atom. The molecule has 5 nitrogen and oxygen atoms in total. The summed E-state index contributed by atoms with van der Waals surface area (Å²) in [7, 11) is 1.69. The first kappa shape index (κ1) is 12.1. The maximum atomic E-state index is 4.98. The molecular weight excluding hydrogens is 216 g/mol. The van der Waals surface area contributed by atoms with Crippen molar-refractivity contribution in [2.75, 3.05) is 30.9 Å². The second-order valence-electron chi connectivity index (χ2n) is 4.31. The van der Waals surface area contributed by atoms with Crippen LogP contribution < -0.4 is 10.6 Å². The van der Waals surface area contributed by atoms with E-state index in [0.717, 1.165) is 18.3 Å². The molecule has 17 heavy (non-hydrogen) atoms. The number of aromatic nitrogens is 2. The monoisotopic (exact) mass is 236 g/mol. The summed E-state index contributed by atoms with van der Waals surface area (Å²) in [5, 5.41) is 6.57. The van der Waals surface area contributed by atoms with Gasteiger partial charge in [0, 0.05) is 25.9 Å². The average Bonchev–Trinajstić information content (AvgIpc) is 2.83. The van der Waals surface area contributed by atoms with E-state index in [9.17, 15) is 0 Å². The van der Waals surface area contributed by atoms with Crippen LogP contribution >= 0.6 is 0 Å². The molecule has 0 unspecified atom stereocenters. The molecule has 0 radical (unpaired) electrons. The number of anilines is 2. The van der Waals surface area contributed by atoms with Crippen molar-refractivity contribution in [1.82, 2.24) is 9.97 Å². The first-order valence-electron chi connectivity index (χ1n) is 6.21. The van der Waals surface area contributed by atoms with Gasteiger partial charge in [-0.3, -0.25) is 0 Å². The third-order valence-electron chi connectivity index (χ3n) is 2.96. The molecule has 0 amide bonds. The van der Waals surface area contributed by atoms with Crippen LogP contribution in [0.25, 0.3) is 0 Å². The van der Waals surface area contributed by atoms with Gasteiger partial charge in [-0.15, -0.1) is 0 Å². The van der Waals surface area contributed by atoms with Crippen LogP contribution in [0.1, 0.15) is 25.7 Å². The lowest BCUT2D eigenvalue weighted by Crippen LogP contribution is -2.17. The second-order valence-corrected chi connectivity index (χ2v) is 4.31. The van der Waals surface area contributed by atoms with Gasteiger partial charge in [0.05, 0.1) is 6.61 Å². The molecule has 5 heteroatoms. The Labute approximate surface area is 102 Å². The van der Waals surface area contributed by atoms with Crippen LogP contribution in [-0.2, 0) is 4.74 Å². The van der Waals surface area contributed by atoms with Gasteiger partial charge >= 0.3 is 0 Å². The van der Waals surface area contributed by atoms with Gasteiger partial charge in [-0.2, -0.15) is 4.98 Å². The number of nitrogens with one attached hydrogen (secondary N) is 2. The largest absolute Gasteiger partial charge is 0.383 e. The SMILES string of the molecule is COCCNc1ccnc(NC2CCCC2)n1. The van der Waals surface area contributed by atoms with Crippen molar-refractivity contribution in [3.8, 4) is 0 Å². The lowest BCUT2D eigenvalue weighted by Gasteiger charge is -2.12. The molecule has 0 saturated heterocycles. The van der Waals surface area contributed by atoms with Crippen LogP contribution in [0.15, 0.2) is 12.3 Å². The standard InChI is InChI=1S/C12H20N4O/c1-17-9-8-13-11-6-7-14-12(16-11)15-10-4-2-3-5-10/h6-7,10H,2-5,8-9H2,1H3,(H2,13,14,15,16). The van der Waals surface area contributed by atoms with Crippen molar-refractivity contribution in [3.05, 3.63) is 12.3 Å². The number of ether oxygens (including phenoxy) is 1. The number of rotatable bonds is 6. The van der Waals surface area contributed by atoms with Crippen molar-refractivity contribution in [1.29, 1.82) is 0 Å². The summed E-state index contributed by atoms with van der Waals surface area (Å²) in [5.41, 5.74) is 0. The van der Waals surface area contributed by atoms with E-state index in [-0.39, 0.29) is 0 Å². The van der Waals surface area contributed by atoms with Crippen LogP contribution in [0.4, 0.5) is 11.8 Å². The lowest BCUT2D eigenvalue weighted by molar-refractivity contribution is 0.210. The van der Waals surface area contributed by atoms with Crippen LogP contribution in [0.2, 0.25) is 0 Å². The van der Waals surface area contributed by atoms with Crippen LogP contribution in [0.3, 0.4) is 0 Å². The van der Waals surface area contributed by atoms with Gasteiger partial charge in [0.2, 0.25) is 5.95 Å². The number of nitrogens with zero attached hydrogens (tertiary/aromatic N) is 2. The highest BCUT2D eigenvalue weighted by atomic mass is 16.5. The fourth-order valence-corrected chi connectivity index (χ4v) is 2.06. The molecule has 0 aliphatic heterocycles. The Morgan fingerprint density at radius 2 is 2.24 bits per heavy atom. The minimum atomic E-state index is 0.546. The Kier molecular flexibility index (Phi) is 4.55. The van der Waals surface area contributed by atoms with Gasteiger partial charge < -0.3 is 15.4 Å². The molecule has 1 saturated carbocycles. The summed E-state index contributed by atoms with van der Waals surface area (Å²) >= 11 is 0. The Hall–Kier alpha value is -1.36. The Morgan fingerprint density at radius 3 is 3.00 bits per heavy atom. The van der Waals surface area contributed by atoms with Crippen molar-refractivity contribution in [2.24, 2.45) is 0 Å². The molecule has 1 aliphatic rings. The molecule has 0 atom stereocenters. The van der Waals surface area contributed by atoms with Gasteiger partial charge in [-0.25, -0.2) is 4.98 Å². The van der Waals surface area contributed by atoms with Gasteiger partial charge in [0.1, 0.15) is 5.82 Å². The zero-order valence-electron chi connectivity index (χ0n) is 10.3. The van der Waals surface area contributed by atoms with Crippen molar-refractivity contribution in [2.45, 2.75) is 31.7 Å². The minimum Gasteiger partial charge on any atom is -0.383 e. The van der Waals surface area contributed by atoms with E-state index >= 15 is 0 Å². The van der Waals surface area contributed by atoms with Crippen molar-refractivity contribution in [3.63, 3.8) is 0 Å². The average molecular weight is 236 g/mol. The normalized spacial score (nSPS) is 16.1. The van der Waals surface area contributed by atoms with Crippen molar-refractivity contribution < 1.29 is 4.74 Å². The predicted octanol–water partition coefficient (Wildman–Crippen LogP) is 1.89. The summed E-state index contributed by atoms with van der Waals surface area (Å²) < 4.78 is 4.98. The quantitative estimate of drug-likeness (QED) is 0.739. The van der Waals surface area contributed by atoms with E-state index in [1.807, 2.05) is 6.07 Å². The van der Waals surface area contributed by atoms with Crippen LogP contribution in [0, 0.1) is 0 Å². The molecule has 1 heterocycles. The maximum Gasteiger partial charge on any atom is 0.224 e. The first-order chi connectivity index (χ1) is 8.38. The van der Waals surface area contributed by atoms with Crippen LogP contribution in [-0.4, -0.2) is 36.3 Å². The highest BCUT2D eigenvalue weighted by Gasteiger charge is 2.15. The topological polar surface area (TPSA) is 59.1 Å². The first-order valence-corrected chi connectivity index (χ1v) is 6.21. The van der Waals surface area contributed by atoms with Gasteiger partial charge in [-0.1, -0.05) is 12.8 Å². The zero-order chi connectivity index (χ0) is 11.9. The molecule has 1 aromatic rings. The molecule has 2 N–H and O–H groups in total. The van der Waals surface area contributed by atoms with Gasteiger partial charge in [-0.05, 0) is 18.9 Å². The third-order valence-corrected chi connectivity index (χ3v) is 2.96. The highest BCUT2D eigenvalue weighted by Crippen LogP contribution is 2.20. The van der Waals surface area contributed by atoms with E-state index in [4.69, 9.17) is 4.74 Å². The third kappa shape index (κ3) is 3.85. The van der Waals surface area contributed by atoms with Gasteiger partial charge in [0.25, 0.3) is 0 Å². The fraction of sp³-hybridized carbons (Fsp3) is 0.667. The zero-order valence-corrected chi connectivity index (χ0v) is 10.3. The molecule has 94 valence electrons. The van der Waals surface area contributed by atoms with E-state index in [0.29, 0.717) is 12.6 Å². The fourth-order valence-electron chi connectivity index (χ4n) is 2.06. The smallest absolute Gasteiger partial charge is 0.224 e. The Balaban J connectivity index is 1.86. The molecule has 1 fully saturated rings. The molecule has 0 bridgehead atoms. The molecule has 1 aromatic heterocycles. The molecule has 0 aromatic carbocycles. The van der Waals surface area contributed by atoms with E-state index in [2.05, 4.69) is 20.6 Å². The van der Waals surface area contributed by atoms with E-state index in [1.165, 1.54) is 25.7 Å². The summed E-state index contributed by atoms with van der Waals surface area (Å²) in [6.45, 7) is 1.44. The van der Waals surface area contributed by atoms with E-state index < -0.39 is 0 Å². The predicted molar refractivity (Wildman–Crippen MR) is 68.3 cm³/mol. The summed E-state index contributed by atoms with van der Waals surface area (Å²) in [5.74, 6) is 1.57. The molecular formula is C12H20N4O. The van der Waals surface area contributed by atoms with Gasteiger partial charge in [0.15, 0.2) is 0 Å². The number of hydrogen-bond acceptors (Lipinski definition) is 5.